The average molecular weight is 604 g/mol. The van der Waals surface area contributed by atoms with E-state index in [0.717, 1.165) is 33.3 Å². The van der Waals surface area contributed by atoms with Gasteiger partial charge in [0.25, 0.3) is 0 Å². The summed E-state index contributed by atoms with van der Waals surface area (Å²) in [4.78, 5) is 9.63. The number of fused-ring (bicyclic) bond motifs is 4. The lowest BCUT2D eigenvalue weighted by Crippen LogP contribution is -2.28. The Labute approximate surface area is 275 Å². The minimum absolute atomic E-state index is 0.439. The van der Waals surface area contributed by atoms with Crippen LogP contribution in [0.25, 0.3) is 27.7 Å². The Morgan fingerprint density at radius 3 is 1.89 bits per heavy atom. The highest BCUT2D eigenvalue weighted by Crippen LogP contribution is 2.55. The predicted molar refractivity (Wildman–Crippen MR) is 194 cm³/mol. The summed E-state index contributed by atoms with van der Waals surface area (Å²) in [6, 6.07) is 57.8. The molecule has 2 N–H and O–H groups in total. The van der Waals surface area contributed by atoms with Gasteiger partial charge in [0, 0.05) is 22.8 Å². The van der Waals surface area contributed by atoms with Crippen LogP contribution in [0.1, 0.15) is 38.9 Å². The molecule has 7 aromatic rings. The molecule has 1 aromatic heterocycles. The molecule has 0 aliphatic heterocycles. The molecule has 0 amide bonds. The molecular formula is C44H33N3. The van der Waals surface area contributed by atoms with Gasteiger partial charge in [-0.15, -0.1) is 0 Å². The number of nitrogens with two attached hydrogens (primary N) is 1. The second kappa shape index (κ2) is 12.0. The Morgan fingerprint density at radius 2 is 1.19 bits per heavy atom. The van der Waals surface area contributed by atoms with Crippen LogP contribution in [-0.4, -0.2) is 10.7 Å². The maximum Gasteiger partial charge on any atom is 0.0713 e. The number of aliphatic imine (C=N–C) groups is 1. The molecule has 0 bridgehead atoms. The van der Waals surface area contributed by atoms with Crippen molar-refractivity contribution >= 4 is 22.3 Å². The third-order valence-corrected chi connectivity index (χ3v) is 9.28. The summed E-state index contributed by atoms with van der Waals surface area (Å²) in [7, 11) is 0. The molecule has 0 radical (unpaired) electrons. The Bertz CT molecular complexity index is 2220. The van der Waals surface area contributed by atoms with E-state index in [-0.39, 0.29) is 0 Å². The number of pyridine rings is 1. The first-order chi connectivity index (χ1) is 23.2. The second-order valence-corrected chi connectivity index (χ2v) is 12.0. The molecule has 1 aliphatic rings. The number of hydrogen-bond acceptors (Lipinski definition) is 3. The van der Waals surface area contributed by atoms with Gasteiger partial charge in [0.1, 0.15) is 0 Å². The maximum atomic E-state index is 6.88. The van der Waals surface area contributed by atoms with Crippen LogP contribution in [0.2, 0.25) is 0 Å². The normalized spacial score (nSPS) is 13.7. The third-order valence-electron chi connectivity index (χ3n) is 9.28. The second-order valence-electron chi connectivity index (χ2n) is 12.0. The molecule has 3 nitrogen and oxygen atoms in total. The van der Waals surface area contributed by atoms with Crippen molar-refractivity contribution in [3.63, 3.8) is 0 Å². The topological polar surface area (TPSA) is 51.3 Å². The fourth-order valence-corrected chi connectivity index (χ4v) is 7.06. The fraction of sp³-hybridized carbons (Fsp3) is 0.0455. The van der Waals surface area contributed by atoms with E-state index in [2.05, 4.69) is 145 Å². The molecule has 0 atom stereocenters. The summed E-state index contributed by atoms with van der Waals surface area (Å²) < 4.78 is 0. The molecule has 0 spiro atoms. The lowest BCUT2D eigenvalue weighted by molar-refractivity contribution is 0.768. The van der Waals surface area contributed by atoms with Gasteiger partial charge < -0.3 is 5.73 Å². The molecule has 0 fully saturated rings. The number of rotatable bonds is 7. The van der Waals surface area contributed by atoms with E-state index >= 15 is 0 Å². The van der Waals surface area contributed by atoms with Gasteiger partial charge in [0.2, 0.25) is 0 Å². The molecule has 224 valence electrons. The predicted octanol–water partition coefficient (Wildman–Crippen LogP) is 9.59. The number of allylic oxidation sites excluding steroid dienone is 1. The van der Waals surface area contributed by atoms with Gasteiger partial charge in [-0.25, -0.2) is 0 Å². The van der Waals surface area contributed by atoms with Crippen LogP contribution < -0.4 is 5.73 Å². The minimum atomic E-state index is -0.439. The lowest BCUT2D eigenvalue weighted by atomic mass is 9.67. The van der Waals surface area contributed by atoms with Gasteiger partial charge in [0.05, 0.1) is 23.2 Å². The van der Waals surface area contributed by atoms with E-state index < -0.39 is 5.41 Å². The van der Waals surface area contributed by atoms with Crippen molar-refractivity contribution in [1.29, 1.82) is 0 Å². The largest absolute Gasteiger partial charge is 0.398 e. The SMILES string of the molecule is N/C(=C\C(=NCc1ccccc1)c1ccc2cccnc2c1)c1ccc(C2(c3ccccc3)c3ccccc3-c3ccccc32)cc1. The Hall–Kier alpha value is -6.06. The quantitative estimate of drug-likeness (QED) is 0.184. The molecule has 6 aromatic carbocycles. The van der Waals surface area contributed by atoms with E-state index in [4.69, 9.17) is 10.7 Å². The first-order valence-electron chi connectivity index (χ1n) is 16.0. The van der Waals surface area contributed by atoms with Crippen LogP contribution in [0.15, 0.2) is 181 Å². The Morgan fingerprint density at radius 1 is 0.596 bits per heavy atom. The van der Waals surface area contributed by atoms with Crippen LogP contribution in [0.3, 0.4) is 0 Å². The molecular weight excluding hydrogens is 571 g/mol. The molecule has 3 heteroatoms. The van der Waals surface area contributed by atoms with Crippen LogP contribution in [-0.2, 0) is 12.0 Å². The highest BCUT2D eigenvalue weighted by Gasteiger charge is 2.45. The van der Waals surface area contributed by atoms with Crippen molar-refractivity contribution in [3.05, 3.63) is 215 Å². The summed E-state index contributed by atoms with van der Waals surface area (Å²) >= 11 is 0. The van der Waals surface area contributed by atoms with Gasteiger partial charge in [0.15, 0.2) is 0 Å². The third kappa shape index (κ3) is 5.03. The molecule has 8 rings (SSSR count). The van der Waals surface area contributed by atoms with Crippen molar-refractivity contribution in [2.24, 2.45) is 10.7 Å². The molecule has 1 aliphatic carbocycles. The zero-order valence-corrected chi connectivity index (χ0v) is 25.9. The van der Waals surface area contributed by atoms with Gasteiger partial charge in [-0.2, -0.15) is 0 Å². The van der Waals surface area contributed by atoms with Crippen LogP contribution in [0, 0.1) is 0 Å². The highest BCUT2D eigenvalue weighted by molar-refractivity contribution is 6.13. The Balaban J connectivity index is 1.22. The summed E-state index contributed by atoms with van der Waals surface area (Å²) in [6.07, 6.45) is 3.82. The number of hydrogen-bond donors (Lipinski definition) is 1. The summed E-state index contributed by atoms with van der Waals surface area (Å²) in [6.45, 7) is 0.553. The van der Waals surface area contributed by atoms with Crippen molar-refractivity contribution in [1.82, 2.24) is 4.98 Å². The molecule has 0 saturated heterocycles. The summed E-state index contributed by atoms with van der Waals surface area (Å²) in [5.41, 5.74) is 19.5. The highest BCUT2D eigenvalue weighted by atomic mass is 14.7. The van der Waals surface area contributed by atoms with E-state index in [0.29, 0.717) is 12.2 Å². The van der Waals surface area contributed by atoms with E-state index in [9.17, 15) is 0 Å². The number of aromatic nitrogens is 1. The standard InChI is InChI=1S/C44H33N3/c45-41(29-43(47-30-31-12-3-1-4-13-31)34-22-21-33-14-11-27-46-42(33)28-34)32-23-25-36(26-24-32)44(35-15-5-2-6-16-35)39-19-9-7-17-37(39)38-18-8-10-20-40(38)44/h1-29H,30,45H2/b41-29-,47-43?. The van der Waals surface area contributed by atoms with Crippen LogP contribution >= 0.6 is 0 Å². The first-order valence-corrected chi connectivity index (χ1v) is 16.0. The zero-order chi connectivity index (χ0) is 31.6. The van der Waals surface area contributed by atoms with E-state index in [1.54, 1.807) is 0 Å². The van der Waals surface area contributed by atoms with Gasteiger partial charge in [-0.3, -0.25) is 9.98 Å². The Kier molecular flexibility index (Phi) is 7.28. The van der Waals surface area contributed by atoms with Crippen molar-refractivity contribution in [2.45, 2.75) is 12.0 Å². The summed E-state index contributed by atoms with van der Waals surface area (Å²) in [5, 5.41) is 1.09. The monoisotopic (exact) mass is 603 g/mol. The number of nitrogens with zero attached hydrogens (tertiary/aromatic N) is 2. The molecule has 0 unspecified atom stereocenters. The maximum absolute atomic E-state index is 6.88. The first kappa shape index (κ1) is 28.4. The molecule has 0 saturated carbocycles. The van der Waals surface area contributed by atoms with Gasteiger partial charge >= 0.3 is 0 Å². The van der Waals surface area contributed by atoms with Crippen LogP contribution in [0.5, 0.6) is 0 Å². The number of benzene rings is 6. The molecule has 1 heterocycles. The van der Waals surface area contributed by atoms with E-state index in [1.807, 2.05) is 36.5 Å². The van der Waals surface area contributed by atoms with Crippen molar-refractivity contribution < 1.29 is 0 Å². The minimum Gasteiger partial charge on any atom is -0.398 e. The van der Waals surface area contributed by atoms with Gasteiger partial charge in [-0.05, 0) is 62.7 Å². The van der Waals surface area contributed by atoms with Crippen LogP contribution in [0.4, 0.5) is 0 Å². The fourth-order valence-electron chi connectivity index (χ4n) is 7.06. The summed E-state index contributed by atoms with van der Waals surface area (Å²) in [5.74, 6) is 0. The lowest BCUT2D eigenvalue weighted by Gasteiger charge is -2.34. The van der Waals surface area contributed by atoms with Gasteiger partial charge in [-0.1, -0.05) is 152 Å². The van der Waals surface area contributed by atoms with E-state index in [1.165, 1.54) is 33.4 Å². The zero-order valence-electron chi connectivity index (χ0n) is 25.9. The molecule has 47 heavy (non-hydrogen) atoms. The average Bonchev–Trinajstić information content (AvgIpc) is 3.45. The smallest absolute Gasteiger partial charge is 0.0713 e. The van der Waals surface area contributed by atoms with Crippen molar-refractivity contribution in [3.8, 4) is 11.1 Å². The van der Waals surface area contributed by atoms with Crippen molar-refractivity contribution in [2.75, 3.05) is 0 Å².